The molecule has 0 saturated heterocycles. The molecule has 0 aliphatic rings. The van der Waals surface area contributed by atoms with E-state index in [-0.39, 0.29) is 5.95 Å². The van der Waals surface area contributed by atoms with E-state index in [4.69, 9.17) is 5.73 Å². The molecule has 4 aromatic rings. The van der Waals surface area contributed by atoms with Crippen molar-refractivity contribution < 1.29 is 0 Å². The Balaban J connectivity index is 1.92. The first-order valence-corrected chi connectivity index (χ1v) is 7.64. The Morgan fingerprint density at radius 3 is 2.42 bits per heavy atom. The molecule has 24 heavy (non-hydrogen) atoms. The third kappa shape index (κ3) is 2.56. The zero-order chi connectivity index (χ0) is 16.5. The molecule has 2 aromatic carbocycles. The van der Waals surface area contributed by atoms with Gasteiger partial charge in [0, 0.05) is 22.2 Å². The van der Waals surface area contributed by atoms with Crippen LogP contribution in [0.2, 0.25) is 0 Å². The van der Waals surface area contributed by atoms with E-state index in [1.54, 1.807) is 0 Å². The van der Waals surface area contributed by atoms with Crippen LogP contribution in [0.3, 0.4) is 0 Å². The van der Waals surface area contributed by atoms with E-state index in [9.17, 15) is 0 Å². The fourth-order valence-corrected chi connectivity index (χ4v) is 2.70. The summed E-state index contributed by atoms with van der Waals surface area (Å²) in [7, 11) is 0. The van der Waals surface area contributed by atoms with Gasteiger partial charge >= 0.3 is 0 Å². The molecule has 4 rings (SSSR count). The van der Waals surface area contributed by atoms with Gasteiger partial charge in [-0.2, -0.15) is 0 Å². The summed E-state index contributed by atoms with van der Waals surface area (Å²) in [5, 5.41) is 9.28. The average Bonchev–Trinajstić information content (AvgIpc) is 2.62. The van der Waals surface area contributed by atoms with Gasteiger partial charge in [0.25, 0.3) is 0 Å². The Kier molecular flexibility index (Phi) is 3.39. The van der Waals surface area contributed by atoms with Crippen molar-refractivity contribution in [1.29, 1.82) is 0 Å². The minimum atomic E-state index is 0.163. The zero-order valence-corrected chi connectivity index (χ0v) is 13.1. The van der Waals surface area contributed by atoms with Crippen LogP contribution < -0.4 is 5.73 Å². The van der Waals surface area contributed by atoms with Gasteiger partial charge < -0.3 is 5.73 Å². The molecular formula is C19H15N5. The van der Waals surface area contributed by atoms with E-state index in [0.29, 0.717) is 5.69 Å². The summed E-state index contributed by atoms with van der Waals surface area (Å²) in [6, 6.07) is 19.9. The van der Waals surface area contributed by atoms with Crippen LogP contribution in [0.4, 0.5) is 5.95 Å². The Labute approximate surface area is 139 Å². The number of nitrogens with zero attached hydrogens (tertiary/aromatic N) is 4. The van der Waals surface area contributed by atoms with Crippen LogP contribution >= 0.6 is 0 Å². The third-order valence-corrected chi connectivity index (χ3v) is 3.85. The summed E-state index contributed by atoms with van der Waals surface area (Å²) in [6.07, 6.45) is 0. The fourth-order valence-electron chi connectivity index (χ4n) is 2.70. The predicted octanol–water partition coefficient (Wildman–Crippen LogP) is 3.64. The predicted molar refractivity (Wildman–Crippen MR) is 95.1 cm³/mol. The number of aromatic nitrogens is 4. The minimum Gasteiger partial charge on any atom is -0.366 e. The average molecular weight is 313 g/mol. The number of benzene rings is 2. The highest BCUT2D eigenvalue weighted by Crippen LogP contribution is 2.30. The van der Waals surface area contributed by atoms with Gasteiger partial charge in [0.1, 0.15) is 11.4 Å². The molecule has 0 bridgehead atoms. The van der Waals surface area contributed by atoms with Crippen LogP contribution in [0.25, 0.3) is 33.4 Å². The molecule has 116 valence electrons. The Morgan fingerprint density at radius 2 is 1.58 bits per heavy atom. The molecule has 0 spiro atoms. The van der Waals surface area contributed by atoms with Crippen LogP contribution in [-0.2, 0) is 0 Å². The van der Waals surface area contributed by atoms with E-state index in [1.165, 1.54) is 0 Å². The maximum atomic E-state index is 5.76. The standard InChI is InChI=1S/C19H15N5/c1-12-7-8-14-11-15(9-10-16(14)21-12)18-17(22-19(20)24-23-18)13-5-3-2-4-6-13/h2-11H,1H3,(H2,20,22,24). The summed E-state index contributed by atoms with van der Waals surface area (Å²) < 4.78 is 0. The monoisotopic (exact) mass is 313 g/mol. The van der Waals surface area contributed by atoms with E-state index < -0.39 is 0 Å². The zero-order valence-electron chi connectivity index (χ0n) is 13.1. The molecule has 2 N–H and O–H groups in total. The van der Waals surface area contributed by atoms with E-state index >= 15 is 0 Å². The Hall–Kier alpha value is -3.34. The lowest BCUT2D eigenvalue weighted by atomic mass is 10.0. The molecule has 0 saturated carbocycles. The van der Waals surface area contributed by atoms with Crippen LogP contribution in [0, 0.1) is 6.92 Å². The topological polar surface area (TPSA) is 77.6 Å². The Morgan fingerprint density at radius 1 is 0.750 bits per heavy atom. The van der Waals surface area contributed by atoms with Gasteiger partial charge in [0.2, 0.25) is 5.95 Å². The van der Waals surface area contributed by atoms with E-state index in [0.717, 1.165) is 33.4 Å². The Bertz CT molecular complexity index is 1030. The number of anilines is 1. The van der Waals surface area contributed by atoms with Crippen LogP contribution in [-0.4, -0.2) is 20.2 Å². The van der Waals surface area contributed by atoms with Crippen molar-refractivity contribution in [3.8, 4) is 22.5 Å². The number of hydrogen-bond donors (Lipinski definition) is 1. The molecular weight excluding hydrogens is 298 g/mol. The molecule has 0 amide bonds. The van der Waals surface area contributed by atoms with Crippen molar-refractivity contribution in [2.45, 2.75) is 6.92 Å². The van der Waals surface area contributed by atoms with Gasteiger partial charge in [-0.15, -0.1) is 10.2 Å². The van der Waals surface area contributed by atoms with Gasteiger partial charge in [-0.25, -0.2) is 4.98 Å². The highest BCUT2D eigenvalue weighted by Gasteiger charge is 2.13. The van der Waals surface area contributed by atoms with Gasteiger partial charge in [-0.3, -0.25) is 4.98 Å². The number of rotatable bonds is 2. The molecule has 5 nitrogen and oxygen atoms in total. The fraction of sp³-hybridized carbons (Fsp3) is 0.0526. The van der Waals surface area contributed by atoms with Crippen molar-refractivity contribution in [2.75, 3.05) is 5.73 Å². The first kappa shape index (κ1) is 14.3. The largest absolute Gasteiger partial charge is 0.366 e. The lowest BCUT2D eigenvalue weighted by Gasteiger charge is -2.09. The lowest BCUT2D eigenvalue weighted by molar-refractivity contribution is 0.997. The number of aryl methyl sites for hydroxylation is 1. The maximum absolute atomic E-state index is 5.76. The molecule has 2 heterocycles. The van der Waals surface area contributed by atoms with Crippen LogP contribution in [0.5, 0.6) is 0 Å². The normalized spacial score (nSPS) is 10.9. The number of fused-ring (bicyclic) bond motifs is 1. The third-order valence-electron chi connectivity index (χ3n) is 3.85. The first-order valence-electron chi connectivity index (χ1n) is 7.64. The smallest absolute Gasteiger partial charge is 0.240 e. The highest BCUT2D eigenvalue weighted by atomic mass is 15.2. The van der Waals surface area contributed by atoms with Gasteiger partial charge in [0.15, 0.2) is 0 Å². The SMILES string of the molecule is Cc1ccc2cc(-c3nnc(N)nc3-c3ccccc3)ccc2n1. The van der Waals surface area contributed by atoms with Crippen molar-refractivity contribution in [3.05, 3.63) is 66.4 Å². The minimum absolute atomic E-state index is 0.163. The lowest BCUT2D eigenvalue weighted by Crippen LogP contribution is -2.02. The molecule has 0 fully saturated rings. The molecule has 0 radical (unpaired) electrons. The summed E-state index contributed by atoms with van der Waals surface area (Å²) in [5.41, 5.74) is 11.0. The summed E-state index contributed by atoms with van der Waals surface area (Å²) >= 11 is 0. The maximum Gasteiger partial charge on any atom is 0.240 e. The number of nitrogen functional groups attached to an aromatic ring is 1. The van der Waals surface area contributed by atoms with Gasteiger partial charge in [-0.1, -0.05) is 42.5 Å². The van der Waals surface area contributed by atoms with Crippen molar-refractivity contribution in [1.82, 2.24) is 20.2 Å². The molecule has 2 aromatic heterocycles. The van der Waals surface area contributed by atoms with Crippen molar-refractivity contribution in [3.63, 3.8) is 0 Å². The molecule has 0 aliphatic carbocycles. The number of pyridine rings is 1. The quantitative estimate of drug-likeness (QED) is 0.611. The van der Waals surface area contributed by atoms with Gasteiger partial charge in [0.05, 0.1) is 5.52 Å². The van der Waals surface area contributed by atoms with E-state index in [1.807, 2.05) is 55.5 Å². The summed E-state index contributed by atoms with van der Waals surface area (Å²) in [6.45, 7) is 1.98. The van der Waals surface area contributed by atoms with Crippen LogP contribution in [0.15, 0.2) is 60.7 Å². The first-order chi connectivity index (χ1) is 11.7. The van der Waals surface area contributed by atoms with Crippen LogP contribution in [0.1, 0.15) is 5.69 Å². The molecule has 0 atom stereocenters. The number of hydrogen-bond acceptors (Lipinski definition) is 5. The second-order valence-electron chi connectivity index (χ2n) is 5.59. The second kappa shape index (κ2) is 5.70. The van der Waals surface area contributed by atoms with Crippen molar-refractivity contribution >= 4 is 16.9 Å². The summed E-state index contributed by atoms with van der Waals surface area (Å²) in [5.74, 6) is 0.163. The van der Waals surface area contributed by atoms with E-state index in [2.05, 4.69) is 32.3 Å². The molecule has 0 unspecified atom stereocenters. The second-order valence-corrected chi connectivity index (χ2v) is 5.59. The van der Waals surface area contributed by atoms with Crippen molar-refractivity contribution in [2.24, 2.45) is 0 Å². The molecule has 5 heteroatoms. The molecule has 0 aliphatic heterocycles. The number of nitrogens with two attached hydrogens (primary N) is 1. The van der Waals surface area contributed by atoms with Gasteiger partial charge in [-0.05, 0) is 25.1 Å². The summed E-state index contributed by atoms with van der Waals surface area (Å²) in [4.78, 5) is 8.94. The highest BCUT2D eigenvalue weighted by molar-refractivity contribution is 5.87.